The molecule has 1 fully saturated rings. The van der Waals surface area contributed by atoms with Crippen molar-refractivity contribution in [2.24, 2.45) is 0 Å². The highest BCUT2D eigenvalue weighted by Gasteiger charge is 2.32. The maximum Gasteiger partial charge on any atom is 0.324 e. The first-order valence-electron chi connectivity index (χ1n) is 6.71. The zero-order valence-corrected chi connectivity index (χ0v) is 11.3. The van der Waals surface area contributed by atoms with Crippen LogP contribution >= 0.6 is 0 Å². The van der Waals surface area contributed by atoms with Crippen molar-refractivity contribution < 1.29 is 13.3 Å². The standard InChI is InChI=1S/C12H20F2N4O/c1-3-6-15-9-4-7-18(8-5-9)11-16-10(17-19-11)12(2,13)14/h9,15H,3-8H2,1-2H3. The van der Waals surface area contributed by atoms with Crippen molar-refractivity contribution >= 4 is 6.01 Å². The summed E-state index contributed by atoms with van der Waals surface area (Å²) < 4.78 is 31.0. The van der Waals surface area contributed by atoms with E-state index in [4.69, 9.17) is 4.52 Å². The van der Waals surface area contributed by atoms with Gasteiger partial charge in [-0.05, 0) is 25.8 Å². The van der Waals surface area contributed by atoms with Gasteiger partial charge in [0.05, 0.1) is 0 Å². The lowest BCUT2D eigenvalue weighted by Crippen LogP contribution is -2.42. The van der Waals surface area contributed by atoms with E-state index in [1.807, 2.05) is 4.90 Å². The number of nitrogens with one attached hydrogen (secondary N) is 1. The third-order valence-electron chi connectivity index (χ3n) is 3.26. The third kappa shape index (κ3) is 3.62. The van der Waals surface area contributed by atoms with E-state index in [0.29, 0.717) is 6.04 Å². The zero-order chi connectivity index (χ0) is 13.9. The quantitative estimate of drug-likeness (QED) is 0.891. The lowest BCUT2D eigenvalue weighted by molar-refractivity contribution is 0.00559. The number of hydrogen-bond donors (Lipinski definition) is 1. The Morgan fingerprint density at radius 1 is 1.42 bits per heavy atom. The molecule has 1 aromatic rings. The van der Waals surface area contributed by atoms with Crippen molar-refractivity contribution in [3.63, 3.8) is 0 Å². The van der Waals surface area contributed by atoms with E-state index in [2.05, 4.69) is 22.4 Å². The third-order valence-corrected chi connectivity index (χ3v) is 3.26. The van der Waals surface area contributed by atoms with Crippen LogP contribution in [-0.2, 0) is 5.92 Å². The summed E-state index contributed by atoms with van der Waals surface area (Å²) in [7, 11) is 0. The van der Waals surface area contributed by atoms with Gasteiger partial charge in [-0.15, -0.1) is 0 Å². The Kier molecular flexibility index (Phi) is 4.34. The Labute approximate surface area is 111 Å². The lowest BCUT2D eigenvalue weighted by atomic mass is 10.1. The highest BCUT2D eigenvalue weighted by molar-refractivity contribution is 5.26. The molecule has 2 rings (SSSR count). The van der Waals surface area contributed by atoms with Crippen LogP contribution in [-0.4, -0.2) is 35.8 Å². The molecule has 1 aliphatic rings. The Morgan fingerprint density at radius 3 is 2.63 bits per heavy atom. The second kappa shape index (κ2) is 5.81. The van der Waals surface area contributed by atoms with E-state index < -0.39 is 11.7 Å². The number of nitrogens with zero attached hydrogens (tertiary/aromatic N) is 3. The largest absolute Gasteiger partial charge is 0.324 e. The summed E-state index contributed by atoms with van der Waals surface area (Å²) in [5, 5.41) is 6.80. The van der Waals surface area contributed by atoms with Crippen LogP contribution in [0.5, 0.6) is 0 Å². The topological polar surface area (TPSA) is 54.2 Å². The van der Waals surface area contributed by atoms with Crippen LogP contribution < -0.4 is 10.2 Å². The number of halogens is 2. The number of hydrogen-bond acceptors (Lipinski definition) is 5. The van der Waals surface area contributed by atoms with Crippen molar-refractivity contribution in [2.75, 3.05) is 24.5 Å². The molecule has 1 aromatic heterocycles. The van der Waals surface area contributed by atoms with E-state index >= 15 is 0 Å². The van der Waals surface area contributed by atoms with E-state index in [0.717, 1.165) is 45.8 Å². The van der Waals surface area contributed by atoms with Crippen LogP contribution in [0.1, 0.15) is 38.9 Å². The van der Waals surface area contributed by atoms with Gasteiger partial charge in [0.25, 0.3) is 0 Å². The second-order valence-electron chi connectivity index (χ2n) is 5.00. The Morgan fingerprint density at radius 2 is 2.11 bits per heavy atom. The molecule has 0 amide bonds. The monoisotopic (exact) mass is 274 g/mol. The van der Waals surface area contributed by atoms with E-state index in [1.54, 1.807) is 0 Å². The molecule has 0 spiro atoms. The molecule has 0 radical (unpaired) electrons. The summed E-state index contributed by atoms with van der Waals surface area (Å²) in [6.45, 7) is 5.41. The SMILES string of the molecule is CCCNC1CCN(c2nc(C(C)(F)F)no2)CC1. The normalized spacial score (nSPS) is 18.0. The fraction of sp³-hybridized carbons (Fsp3) is 0.833. The van der Waals surface area contributed by atoms with Gasteiger partial charge in [0, 0.05) is 26.1 Å². The minimum atomic E-state index is -3.05. The Hall–Kier alpha value is -1.24. The number of piperidine rings is 1. The summed E-state index contributed by atoms with van der Waals surface area (Å²) in [6.07, 6.45) is 3.03. The van der Waals surface area contributed by atoms with Crippen molar-refractivity contribution in [3.05, 3.63) is 5.82 Å². The molecule has 0 unspecified atom stereocenters. The molecule has 19 heavy (non-hydrogen) atoms. The van der Waals surface area contributed by atoms with Crippen molar-refractivity contribution in [1.82, 2.24) is 15.5 Å². The van der Waals surface area contributed by atoms with Crippen LogP contribution in [0, 0.1) is 0 Å². The molecule has 1 N–H and O–H groups in total. The first-order chi connectivity index (χ1) is 9.00. The van der Waals surface area contributed by atoms with Gasteiger partial charge in [-0.3, -0.25) is 0 Å². The first-order valence-corrected chi connectivity index (χ1v) is 6.71. The van der Waals surface area contributed by atoms with Crippen molar-refractivity contribution in [2.45, 2.75) is 45.1 Å². The maximum absolute atomic E-state index is 13.0. The average molecular weight is 274 g/mol. The van der Waals surface area contributed by atoms with Gasteiger partial charge >= 0.3 is 11.9 Å². The molecular weight excluding hydrogens is 254 g/mol. The van der Waals surface area contributed by atoms with Crippen LogP contribution in [0.25, 0.3) is 0 Å². The smallest absolute Gasteiger partial charge is 0.324 e. The summed E-state index contributed by atoms with van der Waals surface area (Å²) >= 11 is 0. The van der Waals surface area contributed by atoms with Gasteiger partial charge in [-0.2, -0.15) is 13.8 Å². The first kappa shape index (κ1) is 14.2. The fourth-order valence-electron chi connectivity index (χ4n) is 2.15. The minimum Gasteiger partial charge on any atom is -0.324 e. The van der Waals surface area contributed by atoms with E-state index in [1.165, 1.54) is 0 Å². The van der Waals surface area contributed by atoms with Gasteiger partial charge in [-0.1, -0.05) is 12.1 Å². The fourth-order valence-corrected chi connectivity index (χ4v) is 2.15. The highest BCUT2D eigenvalue weighted by Crippen LogP contribution is 2.26. The molecule has 1 aliphatic heterocycles. The predicted octanol–water partition coefficient (Wildman–Crippen LogP) is 2.15. The van der Waals surface area contributed by atoms with Crippen molar-refractivity contribution in [3.8, 4) is 0 Å². The number of aromatic nitrogens is 2. The lowest BCUT2D eigenvalue weighted by Gasteiger charge is -2.31. The molecule has 0 aromatic carbocycles. The molecule has 2 heterocycles. The molecule has 1 saturated heterocycles. The summed E-state index contributed by atoms with van der Waals surface area (Å²) in [6, 6.07) is 0.691. The predicted molar refractivity (Wildman–Crippen MR) is 67.4 cm³/mol. The van der Waals surface area contributed by atoms with Crippen LogP contribution in [0.3, 0.4) is 0 Å². The minimum absolute atomic E-state index is 0.200. The van der Waals surface area contributed by atoms with Crippen molar-refractivity contribution in [1.29, 1.82) is 0 Å². The summed E-state index contributed by atoms with van der Waals surface area (Å²) in [4.78, 5) is 5.64. The average Bonchev–Trinajstić information content (AvgIpc) is 2.86. The van der Waals surface area contributed by atoms with Crippen LogP contribution in [0.4, 0.5) is 14.8 Å². The summed E-state index contributed by atoms with van der Waals surface area (Å²) in [5.41, 5.74) is 0. The van der Waals surface area contributed by atoms with Gasteiger partial charge in [0.15, 0.2) is 0 Å². The summed E-state index contributed by atoms with van der Waals surface area (Å²) in [5.74, 6) is -3.60. The van der Waals surface area contributed by atoms with Gasteiger partial charge in [0.1, 0.15) is 0 Å². The molecule has 5 nitrogen and oxygen atoms in total. The molecule has 0 bridgehead atoms. The van der Waals surface area contributed by atoms with Gasteiger partial charge in [-0.25, -0.2) is 0 Å². The molecule has 7 heteroatoms. The zero-order valence-electron chi connectivity index (χ0n) is 11.3. The van der Waals surface area contributed by atoms with Crippen LogP contribution in [0.2, 0.25) is 0 Å². The molecule has 0 atom stereocenters. The molecular formula is C12H20F2N4O. The van der Waals surface area contributed by atoms with Gasteiger partial charge in [0.2, 0.25) is 5.82 Å². The number of anilines is 1. The highest BCUT2D eigenvalue weighted by atomic mass is 19.3. The molecule has 0 aliphatic carbocycles. The van der Waals surface area contributed by atoms with E-state index in [9.17, 15) is 8.78 Å². The second-order valence-corrected chi connectivity index (χ2v) is 5.00. The van der Waals surface area contributed by atoms with Gasteiger partial charge < -0.3 is 14.7 Å². The molecule has 108 valence electrons. The van der Waals surface area contributed by atoms with Crippen LogP contribution in [0.15, 0.2) is 4.52 Å². The number of alkyl halides is 2. The Balaban J connectivity index is 1.89. The Bertz CT molecular complexity index is 397. The maximum atomic E-state index is 13.0. The number of rotatable bonds is 5. The van der Waals surface area contributed by atoms with E-state index in [-0.39, 0.29) is 6.01 Å². The molecule has 0 saturated carbocycles.